The van der Waals surface area contributed by atoms with Crippen molar-refractivity contribution in [1.82, 2.24) is 0 Å². The van der Waals surface area contributed by atoms with Crippen molar-refractivity contribution in [3.05, 3.63) is 75.9 Å². The molecule has 3 rings (SSSR count). The van der Waals surface area contributed by atoms with E-state index in [1.165, 1.54) is 27.8 Å². The van der Waals surface area contributed by atoms with Crippen molar-refractivity contribution in [2.75, 3.05) is 0 Å². The van der Waals surface area contributed by atoms with Gasteiger partial charge in [0, 0.05) is 0 Å². The first-order valence-corrected chi connectivity index (χ1v) is 9.41. The van der Waals surface area contributed by atoms with Crippen LogP contribution in [0.25, 0.3) is 5.57 Å². The van der Waals surface area contributed by atoms with E-state index in [0.29, 0.717) is 5.92 Å². The highest BCUT2D eigenvalue weighted by molar-refractivity contribution is 5.89. The lowest BCUT2D eigenvalue weighted by Gasteiger charge is -2.19. The fraction of sp³-hybridized carbons (Fsp3) is 0.375. The molecule has 1 aliphatic carbocycles. The minimum Gasteiger partial charge on any atom is -0.298 e. The first-order chi connectivity index (χ1) is 12.1. The molecule has 0 radical (unpaired) electrons. The van der Waals surface area contributed by atoms with Gasteiger partial charge < -0.3 is 0 Å². The van der Waals surface area contributed by atoms with Crippen molar-refractivity contribution in [1.29, 1.82) is 0 Å². The molecule has 0 atom stereocenters. The molecule has 1 nitrogen and oxygen atoms in total. The average molecular weight is 332 g/mol. The summed E-state index contributed by atoms with van der Waals surface area (Å²) >= 11 is 0. The molecule has 1 heteroatoms. The Morgan fingerprint density at radius 3 is 2.24 bits per heavy atom. The van der Waals surface area contributed by atoms with Crippen molar-refractivity contribution in [3.8, 4) is 0 Å². The smallest absolute Gasteiger partial charge is 0.146 e. The topological polar surface area (TPSA) is 17.1 Å². The summed E-state index contributed by atoms with van der Waals surface area (Å²) in [5.41, 5.74) is 9.01. The van der Waals surface area contributed by atoms with Crippen molar-refractivity contribution in [3.63, 3.8) is 0 Å². The maximum absolute atomic E-state index is 11.1. The molecule has 0 saturated heterocycles. The average Bonchev–Trinajstić information content (AvgIpc) is 2.61. The molecule has 0 bridgehead atoms. The predicted octanol–water partition coefficient (Wildman–Crippen LogP) is 5.59. The minimum atomic E-state index is 0.707. The Kier molecular flexibility index (Phi) is 5.53. The van der Waals surface area contributed by atoms with Gasteiger partial charge in [-0.2, -0.15) is 0 Å². The Morgan fingerprint density at radius 2 is 1.56 bits per heavy atom. The van der Waals surface area contributed by atoms with Gasteiger partial charge in [-0.3, -0.25) is 4.79 Å². The molecule has 0 unspecified atom stereocenters. The standard InChI is InChI=1S/C24H28O/c1-17(2)14-20-7-4-19(5-8-20)6-9-21-10-13-24-18(3)23(16-25)12-11-22(24)15-21/h4-5,7-8,10,13,15-17H,6,9,11-12,14H2,1-3H3. The van der Waals surface area contributed by atoms with Gasteiger partial charge in [-0.05, 0) is 83.9 Å². The maximum Gasteiger partial charge on any atom is 0.146 e. The summed E-state index contributed by atoms with van der Waals surface area (Å²) in [6.07, 6.45) is 6.19. The van der Waals surface area contributed by atoms with E-state index in [9.17, 15) is 4.79 Å². The molecular formula is C24H28O. The number of carbonyl (C=O) groups is 1. The molecule has 0 amide bonds. The molecule has 0 saturated carbocycles. The van der Waals surface area contributed by atoms with Crippen LogP contribution >= 0.6 is 0 Å². The van der Waals surface area contributed by atoms with Crippen LogP contribution in [-0.2, 0) is 30.5 Å². The number of rotatable bonds is 6. The molecule has 1 aliphatic rings. The van der Waals surface area contributed by atoms with Gasteiger partial charge in [0.15, 0.2) is 0 Å². The van der Waals surface area contributed by atoms with Crippen LogP contribution in [-0.4, -0.2) is 6.29 Å². The van der Waals surface area contributed by atoms with Gasteiger partial charge in [-0.25, -0.2) is 0 Å². The molecule has 2 aromatic rings. The molecule has 0 aromatic heterocycles. The Balaban J connectivity index is 1.67. The number of benzene rings is 2. The largest absolute Gasteiger partial charge is 0.298 e. The molecule has 0 heterocycles. The van der Waals surface area contributed by atoms with Gasteiger partial charge in [0.1, 0.15) is 6.29 Å². The van der Waals surface area contributed by atoms with Crippen molar-refractivity contribution < 1.29 is 4.79 Å². The molecule has 0 spiro atoms. The van der Waals surface area contributed by atoms with Crippen LogP contribution < -0.4 is 0 Å². The Hall–Kier alpha value is -2.15. The van der Waals surface area contributed by atoms with Crippen LogP contribution in [0.2, 0.25) is 0 Å². The predicted molar refractivity (Wildman–Crippen MR) is 106 cm³/mol. The quantitative estimate of drug-likeness (QED) is 0.630. The van der Waals surface area contributed by atoms with E-state index in [0.717, 1.165) is 49.5 Å². The minimum absolute atomic E-state index is 0.707. The summed E-state index contributed by atoms with van der Waals surface area (Å²) in [5, 5.41) is 0. The highest BCUT2D eigenvalue weighted by atomic mass is 16.1. The Bertz CT molecular complexity index is 778. The third-order valence-electron chi connectivity index (χ3n) is 5.23. The van der Waals surface area contributed by atoms with Gasteiger partial charge in [0.25, 0.3) is 0 Å². The van der Waals surface area contributed by atoms with Gasteiger partial charge >= 0.3 is 0 Å². The lowest BCUT2D eigenvalue weighted by Crippen LogP contribution is -2.05. The Morgan fingerprint density at radius 1 is 0.920 bits per heavy atom. The first-order valence-electron chi connectivity index (χ1n) is 9.41. The molecule has 2 aromatic carbocycles. The zero-order valence-corrected chi connectivity index (χ0v) is 15.6. The van der Waals surface area contributed by atoms with Gasteiger partial charge in [0.2, 0.25) is 0 Å². The van der Waals surface area contributed by atoms with E-state index in [-0.39, 0.29) is 0 Å². The summed E-state index contributed by atoms with van der Waals surface area (Å²) in [7, 11) is 0. The van der Waals surface area contributed by atoms with Crippen LogP contribution in [0.4, 0.5) is 0 Å². The van der Waals surface area contributed by atoms with Crippen molar-refractivity contribution in [2.45, 2.75) is 52.9 Å². The van der Waals surface area contributed by atoms with E-state index in [1.807, 2.05) is 0 Å². The zero-order valence-electron chi connectivity index (χ0n) is 15.6. The second kappa shape index (κ2) is 7.82. The SMILES string of the molecule is CC1=C(C=O)CCc2cc(CCc3ccc(CC(C)C)cc3)ccc21. The van der Waals surface area contributed by atoms with Gasteiger partial charge in [-0.15, -0.1) is 0 Å². The second-order valence-electron chi connectivity index (χ2n) is 7.67. The van der Waals surface area contributed by atoms with Gasteiger partial charge in [-0.1, -0.05) is 56.3 Å². The lowest BCUT2D eigenvalue weighted by atomic mass is 9.85. The van der Waals surface area contributed by atoms with Crippen LogP contribution in [0.3, 0.4) is 0 Å². The fourth-order valence-electron chi connectivity index (χ4n) is 3.75. The summed E-state index contributed by atoms with van der Waals surface area (Å²) in [5.74, 6) is 0.707. The monoisotopic (exact) mass is 332 g/mol. The third-order valence-corrected chi connectivity index (χ3v) is 5.23. The number of fused-ring (bicyclic) bond motifs is 1. The lowest BCUT2D eigenvalue weighted by molar-refractivity contribution is -0.105. The zero-order chi connectivity index (χ0) is 17.8. The van der Waals surface area contributed by atoms with E-state index in [4.69, 9.17) is 0 Å². The second-order valence-corrected chi connectivity index (χ2v) is 7.67. The van der Waals surface area contributed by atoms with Crippen LogP contribution in [0, 0.1) is 5.92 Å². The normalized spacial score (nSPS) is 13.9. The number of aryl methyl sites for hydroxylation is 3. The molecule has 130 valence electrons. The van der Waals surface area contributed by atoms with E-state index in [1.54, 1.807) is 0 Å². The van der Waals surface area contributed by atoms with Gasteiger partial charge in [0.05, 0.1) is 0 Å². The summed E-state index contributed by atoms with van der Waals surface area (Å²) in [4.78, 5) is 11.1. The molecule has 0 aliphatic heterocycles. The molecule has 25 heavy (non-hydrogen) atoms. The first kappa shape index (κ1) is 17.7. The summed E-state index contributed by atoms with van der Waals surface area (Å²) in [6, 6.07) is 15.9. The van der Waals surface area contributed by atoms with Crippen LogP contribution in [0.5, 0.6) is 0 Å². The third kappa shape index (κ3) is 4.28. The molecular weight excluding hydrogens is 304 g/mol. The van der Waals surface area contributed by atoms with E-state index in [2.05, 4.69) is 63.2 Å². The number of hydrogen-bond acceptors (Lipinski definition) is 1. The number of aldehydes is 1. The molecule has 0 N–H and O–H groups in total. The summed E-state index contributed by atoms with van der Waals surface area (Å²) in [6.45, 7) is 6.60. The van der Waals surface area contributed by atoms with Crippen LogP contribution in [0.15, 0.2) is 48.0 Å². The highest BCUT2D eigenvalue weighted by Crippen LogP contribution is 2.31. The van der Waals surface area contributed by atoms with E-state index < -0.39 is 0 Å². The fourth-order valence-corrected chi connectivity index (χ4v) is 3.75. The number of carbonyl (C=O) groups excluding carboxylic acids is 1. The number of allylic oxidation sites excluding steroid dienone is 2. The van der Waals surface area contributed by atoms with Crippen LogP contribution in [0.1, 0.15) is 55.0 Å². The molecule has 0 fully saturated rings. The maximum atomic E-state index is 11.1. The highest BCUT2D eigenvalue weighted by Gasteiger charge is 2.15. The Labute approximate surface area is 151 Å². The van der Waals surface area contributed by atoms with Crippen molar-refractivity contribution >= 4 is 11.9 Å². The van der Waals surface area contributed by atoms with Crippen molar-refractivity contribution in [2.24, 2.45) is 5.92 Å². The number of hydrogen-bond donors (Lipinski definition) is 0. The summed E-state index contributed by atoms with van der Waals surface area (Å²) < 4.78 is 0. The van der Waals surface area contributed by atoms with E-state index >= 15 is 0 Å².